The molecule has 0 amide bonds. The van der Waals surface area contributed by atoms with Crippen molar-refractivity contribution in [1.82, 2.24) is 15.3 Å². The van der Waals surface area contributed by atoms with Crippen molar-refractivity contribution in [2.75, 3.05) is 36.9 Å². The molecule has 2 aromatic carbocycles. The summed E-state index contributed by atoms with van der Waals surface area (Å²) in [6, 6.07) is 4.26. The molecule has 3 aromatic rings. The molecular weight excluding hydrogens is 499 g/mol. The molecule has 4 fully saturated rings. The van der Waals surface area contributed by atoms with Crippen LogP contribution in [0, 0.1) is 18.2 Å². The van der Waals surface area contributed by atoms with Gasteiger partial charge in [-0.15, -0.1) is 0 Å². The fraction of sp³-hybridized carbons (Fsp3) is 0.483. The first kappa shape index (κ1) is 24.5. The molecule has 1 aromatic heterocycles. The van der Waals surface area contributed by atoms with Gasteiger partial charge < -0.3 is 35.9 Å². The summed E-state index contributed by atoms with van der Waals surface area (Å²) in [5.74, 6) is 0.471. The molecule has 0 radical (unpaired) electrons. The maximum atomic E-state index is 15.0. The predicted molar refractivity (Wildman–Crippen MR) is 148 cm³/mol. The second-order valence-corrected chi connectivity index (χ2v) is 11.3. The highest BCUT2D eigenvalue weighted by molar-refractivity contribution is 6.05. The number of hydrogen-bond donors (Lipinski definition) is 4. The molecule has 2 unspecified atom stereocenters. The van der Waals surface area contributed by atoms with E-state index < -0.39 is 5.82 Å². The minimum absolute atomic E-state index is 0.0476. The number of aromatic hydroxyl groups is 1. The number of phenols is 1. The van der Waals surface area contributed by atoms with Crippen molar-refractivity contribution in [2.24, 2.45) is 0 Å². The van der Waals surface area contributed by atoms with Gasteiger partial charge in [0.15, 0.2) is 0 Å². The zero-order valence-corrected chi connectivity index (χ0v) is 22.0. The second kappa shape index (κ2) is 9.31. The Bertz CT molecular complexity index is 1490. The normalized spacial score (nSPS) is 23.1. The summed E-state index contributed by atoms with van der Waals surface area (Å²) in [5, 5.41) is 24.4. The predicted octanol–water partition coefficient (Wildman–Crippen LogP) is 4.02. The van der Waals surface area contributed by atoms with Gasteiger partial charge in [-0.2, -0.15) is 9.97 Å². The number of nitrogens with two attached hydrogens (primary N) is 1. The molecule has 1 aliphatic carbocycles. The maximum Gasteiger partial charge on any atom is 0.319 e. The molecule has 5 N–H and O–H groups in total. The third kappa shape index (κ3) is 4.08. The van der Waals surface area contributed by atoms with E-state index in [0.29, 0.717) is 53.1 Å². The maximum absolute atomic E-state index is 15.0. The first-order chi connectivity index (χ1) is 18.9. The lowest BCUT2D eigenvalue weighted by Gasteiger charge is -2.30. The third-order valence-electron chi connectivity index (χ3n) is 8.73. The minimum Gasteiger partial charge on any atom is -0.505 e. The highest BCUT2D eigenvalue weighted by Gasteiger charge is 2.40. The SMILES string of the molecule is Cc1c(F)cc(N)c(C=N)c1-c1c(C2CC2)cc2c(N3CC4CC3CN4)nc(OC3CCOCC3)nc2c1O. The van der Waals surface area contributed by atoms with Gasteiger partial charge in [0.1, 0.15) is 29.0 Å². The van der Waals surface area contributed by atoms with Gasteiger partial charge in [-0.25, -0.2) is 4.39 Å². The van der Waals surface area contributed by atoms with Gasteiger partial charge in [-0.1, -0.05) is 0 Å². The standard InChI is InChI=1S/C29H33FN6O3/c1-14-22(30)10-23(32)21(11-31)24(14)25-19(15-2-3-15)9-20-26(27(25)37)34-29(39-18-4-6-38-7-5-18)35-28(20)36-13-16-8-17(36)12-33-16/h9-11,15-18,31,33,37H,2-8,12-13,32H2,1H3. The Labute approximate surface area is 226 Å². The van der Waals surface area contributed by atoms with Crippen LogP contribution in [0.1, 0.15) is 54.7 Å². The van der Waals surface area contributed by atoms with Crippen molar-refractivity contribution < 1.29 is 19.0 Å². The van der Waals surface area contributed by atoms with E-state index in [4.69, 9.17) is 30.6 Å². The van der Waals surface area contributed by atoms with Crippen LogP contribution in [0.4, 0.5) is 15.9 Å². The van der Waals surface area contributed by atoms with Crippen LogP contribution in [0.2, 0.25) is 0 Å². The van der Waals surface area contributed by atoms with E-state index in [2.05, 4.69) is 16.3 Å². The van der Waals surface area contributed by atoms with Gasteiger partial charge in [0, 0.05) is 72.0 Å². The molecular formula is C29H33FN6O3. The number of anilines is 2. The van der Waals surface area contributed by atoms with Crippen LogP contribution in [0.25, 0.3) is 22.0 Å². The Kier molecular flexibility index (Phi) is 5.85. The van der Waals surface area contributed by atoms with Crippen LogP contribution in [0.5, 0.6) is 11.8 Å². The number of fused-ring (bicyclic) bond motifs is 3. The summed E-state index contributed by atoms with van der Waals surface area (Å²) in [4.78, 5) is 12.0. The average molecular weight is 533 g/mol. The number of nitrogen functional groups attached to an aromatic ring is 1. The zero-order chi connectivity index (χ0) is 26.8. The molecule has 0 spiro atoms. The number of nitrogens with one attached hydrogen (secondary N) is 2. The lowest BCUT2D eigenvalue weighted by atomic mass is 9.87. The molecule has 39 heavy (non-hydrogen) atoms. The van der Waals surface area contributed by atoms with Gasteiger partial charge in [0.25, 0.3) is 0 Å². The fourth-order valence-corrected chi connectivity index (χ4v) is 6.51. The molecule has 7 rings (SSSR count). The van der Waals surface area contributed by atoms with Gasteiger partial charge in [-0.05, 0) is 55.4 Å². The summed E-state index contributed by atoms with van der Waals surface area (Å²) in [6.45, 7) is 4.62. The molecule has 1 saturated carbocycles. The number of piperazine rings is 1. The minimum atomic E-state index is -0.471. The van der Waals surface area contributed by atoms with E-state index in [1.165, 1.54) is 6.07 Å². The number of benzene rings is 2. The Balaban J connectivity index is 1.48. The second-order valence-electron chi connectivity index (χ2n) is 11.3. The van der Waals surface area contributed by atoms with Gasteiger partial charge >= 0.3 is 6.01 Å². The van der Waals surface area contributed by atoms with Crippen molar-refractivity contribution in [2.45, 2.75) is 63.1 Å². The van der Waals surface area contributed by atoms with Crippen molar-refractivity contribution >= 4 is 28.6 Å². The summed E-state index contributed by atoms with van der Waals surface area (Å²) in [5.41, 5.74) is 9.30. The van der Waals surface area contributed by atoms with Crippen molar-refractivity contribution in [3.8, 4) is 22.9 Å². The lowest BCUT2D eigenvalue weighted by molar-refractivity contribution is 0.0219. The van der Waals surface area contributed by atoms with Crippen LogP contribution < -0.4 is 20.7 Å². The van der Waals surface area contributed by atoms with Crippen molar-refractivity contribution in [1.29, 1.82) is 5.41 Å². The van der Waals surface area contributed by atoms with Crippen LogP contribution in [-0.4, -0.2) is 65.8 Å². The van der Waals surface area contributed by atoms with Crippen LogP contribution >= 0.6 is 0 Å². The number of nitrogens with zero attached hydrogens (tertiary/aromatic N) is 3. The first-order valence-corrected chi connectivity index (χ1v) is 13.8. The number of hydrogen-bond acceptors (Lipinski definition) is 9. The van der Waals surface area contributed by atoms with Crippen molar-refractivity contribution in [3.63, 3.8) is 0 Å². The Morgan fingerprint density at radius 1 is 1.21 bits per heavy atom. The van der Waals surface area contributed by atoms with Crippen LogP contribution in [0.3, 0.4) is 0 Å². The molecule has 3 aliphatic heterocycles. The Morgan fingerprint density at radius 3 is 2.67 bits per heavy atom. The largest absolute Gasteiger partial charge is 0.505 e. The van der Waals surface area contributed by atoms with E-state index in [1.54, 1.807) is 6.92 Å². The van der Waals surface area contributed by atoms with E-state index in [0.717, 1.165) is 68.2 Å². The third-order valence-corrected chi connectivity index (χ3v) is 8.73. The molecule has 2 atom stereocenters. The van der Waals surface area contributed by atoms with Gasteiger partial charge in [-0.3, -0.25) is 0 Å². The van der Waals surface area contributed by atoms with Gasteiger partial charge in [0.05, 0.1) is 13.2 Å². The Morgan fingerprint density at radius 2 is 2.00 bits per heavy atom. The highest BCUT2D eigenvalue weighted by Crippen LogP contribution is 2.52. The molecule has 4 aliphatic rings. The molecule has 4 heterocycles. The number of halogens is 1. The van der Waals surface area contributed by atoms with E-state index >= 15 is 4.39 Å². The molecule has 2 bridgehead atoms. The summed E-state index contributed by atoms with van der Waals surface area (Å²) in [6.07, 6.45) is 5.56. The fourth-order valence-electron chi connectivity index (χ4n) is 6.51. The number of phenolic OH excluding ortho intramolecular Hbond substituents is 1. The first-order valence-electron chi connectivity index (χ1n) is 13.8. The quantitative estimate of drug-likeness (QED) is 0.277. The van der Waals surface area contributed by atoms with E-state index in [1.807, 2.05) is 0 Å². The van der Waals surface area contributed by atoms with Crippen LogP contribution in [-0.2, 0) is 4.74 Å². The molecule has 10 heteroatoms. The van der Waals surface area contributed by atoms with E-state index in [9.17, 15) is 5.11 Å². The zero-order valence-electron chi connectivity index (χ0n) is 22.0. The number of ether oxygens (including phenoxy) is 2. The summed E-state index contributed by atoms with van der Waals surface area (Å²) >= 11 is 0. The molecule has 9 nitrogen and oxygen atoms in total. The van der Waals surface area contributed by atoms with E-state index in [-0.39, 0.29) is 29.5 Å². The topological polar surface area (TPSA) is 130 Å². The smallest absolute Gasteiger partial charge is 0.319 e. The lowest BCUT2D eigenvalue weighted by Crippen LogP contribution is -2.44. The summed E-state index contributed by atoms with van der Waals surface area (Å²) in [7, 11) is 0. The summed E-state index contributed by atoms with van der Waals surface area (Å²) < 4.78 is 26.8. The molecule has 204 valence electrons. The monoisotopic (exact) mass is 532 g/mol. The number of rotatable bonds is 6. The average Bonchev–Trinajstić information content (AvgIpc) is 3.56. The van der Waals surface area contributed by atoms with Gasteiger partial charge in [0.2, 0.25) is 0 Å². The van der Waals surface area contributed by atoms with Crippen molar-refractivity contribution in [3.05, 3.63) is 34.6 Å². The Hall–Kier alpha value is -3.50. The molecule has 3 saturated heterocycles. The van der Waals surface area contributed by atoms with Crippen LogP contribution in [0.15, 0.2) is 12.1 Å². The number of aromatic nitrogens is 2. The highest BCUT2D eigenvalue weighted by atomic mass is 19.1.